The molecule has 1 heterocycles. The second-order valence-electron chi connectivity index (χ2n) is 1.83. The van der Waals surface area contributed by atoms with Gasteiger partial charge in [-0.2, -0.15) is 11.8 Å². The van der Waals surface area contributed by atoms with Crippen molar-refractivity contribution in [2.75, 3.05) is 24.7 Å². The van der Waals surface area contributed by atoms with E-state index >= 15 is 0 Å². The summed E-state index contributed by atoms with van der Waals surface area (Å²) in [6, 6.07) is 0. The van der Waals surface area contributed by atoms with Crippen LogP contribution < -0.4 is 0 Å². The van der Waals surface area contributed by atoms with Crippen LogP contribution in [0, 0.1) is 0 Å². The Bertz CT molecular complexity index is 68.7. The Balaban J connectivity index is 2.08. The molecule has 0 spiro atoms. The monoisotopic (exact) mass is 148 g/mol. The lowest BCUT2D eigenvalue weighted by atomic mass is 10.7. The molecule has 0 saturated carbocycles. The first kappa shape index (κ1) is 7.38. The molecule has 1 aliphatic rings. The first-order valence-electron chi connectivity index (χ1n) is 3.24. The molecule has 1 aliphatic heterocycles. The average Bonchev–Trinajstić information content (AvgIpc) is 1.91. The van der Waals surface area contributed by atoms with Crippen LogP contribution in [-0.2, 0) is 9.47 Å². The van der Waals surface area contributed by atoms with Gasteiger partial charge in [0.1, 0.15) is 0 Å². The fraction of sp³-hybridized carbons (Fsp3) is 1.00. The van der Waals surface area contributed by atoms with Crippen molar-refractivity contribution in [2.24, 2.45) is 0 Å². The minimum absolute atomic E-state index is 0.0637. The van der Waals surface area contributed by atoms with Crippen LogP contribution in [-0.4, -0.2) is 31.0 Å². The first-order chi connectivity index (χ1) is 4.43. The zero-order valence-corrected chi connectivity index (χ0v) is 6.45. The van der Waals surface area contributed by atoms with E-state index in [9.17, 15) is 0 Å². The van der Waals surface area contributed by atoms with E-state index < -0.39 is 0 Å². The van der Waals surface area contributed by atoms with Gasteiger partial charge in [-0.15, -0.1) is 0 Å². The number of rotatable bonds is 2. The van der Waals surface area contributed by atoms with E-state index in [2.05, 4.69) is 0 Å². The summed E-state index contributed by atoms with van der Waals surface area (Å²) in [4.78, 5) is 0. The van der Waals surface area contributed by atoms with Crippen LogP contribution >= 0.6 is 11.8 Å². The highest BCUT2D eigenvalue weighted by Crippen LogP contribution is 2.12. The number of hydrogen-bond acceptors (Lipinski definition) is 3. The van der Waals surface area contributed by atoms with E-state index in [1.807, 2.05) is 18.7 Å². The lowest BCUT2D eigenvalue weighted by molar-refractivity contribution is -0.122. The molecule has 0 bridgehead atoms. The van der Waals surface area contributed by atoms with Crippen molar-refractivity contribution in [3.05, 3.63) is 0 Å². The molecule has 1 atom stereocenters. The van der Waals surface area contributed by atoms with E-state index in [0.717, 1.165) is 24.7 Å². The lowest BCUT2D eigenvalue weighted by Crippen LogP contribution is -2.25. The van der Waals surface area contributed by atoms with E-state index in [-0.39, 0.29) is 6.29 Å². The predicted molar refractivity (Wildman–Crippen MR) is 38.7 cm³/mol. The van der Waals surface area contributed by atoms with Crippen LogP contribution in [0.25, 0.3) is 0 Å². The maximum Gasteiger partial charge on any atom is 0.166 e. The summed E-state index contributed by atoms with van der Waals surface area (Å²) in [5.74, 6) is 2.11. The van der Waals surface area contributed by atoms with Crippen LogP contribution in [0.5, 0.6) is 0 Å². The van der Waals surface area contributed by atoms with Crippen molar-refractivity contribution < 1.29 is 9.47 Å². The van der Waals surface area contributed by atoms with Gasteiger partial charge in [0.2, 0.25) is 0 Å². The summed E-state index contributed by atoms with van der Waals surface area (Å²) in [7, 11) is 0. The maximum absolute atomic E-state index is 5.28. The Morgan fingerprint density at radius 3 is 3.22 bits per heavy atom. The largest absolute Gasteiger partial charge is 0.352 e. The minimum atomic E-state index is 0.0637. The van der Waals surface area contributed by atoms with Gasteiger partial charge < -0.3 is 9.47 Å². The van der Waals surface area contributed by atoms with Gasteiger partial charge in [-0.05, 0) is 6.92 Å². The quantitative estimate of drug-likeness (QED) is 0.584. The highest BCUT2D eigenvalue weighted by Gasteiger charge is 2.12. The average molecular weight is 148 g/mol. The van der Waals surface area contributed by atoms with Crippen molar-refractivity contribution in [2.45, 2.75) is 13.2 Å². The number of hydrogen-bond donors (Lipinski definition) is 0. The van der Waals surface area contributed by atoms with Crippen molar-refractivity contribution in [3.63, 3.8) is 0 Å². The zero-order valence-electron chi connectivity index (χ0n) is 5.63. The normalized spacial score (nSPS) is 28.3. The third-order valence-corrected chi connectivity index (χ3v) is 2.10. The third-order valence-electron chi connectivity index (χ3n) is 1.14. The molecule has 2 nitrogen and oxygen atoms in total. The Morgan fingerprint density at radius 1 is 1.78 bits per heavy atom. The highest BCUT2D eigenvalue weighted by molar-refractivity contribution is 7.99. The first-order valence-corrected chi connectivity index (χ1v) is 4.40. The topological polar surface area (TPSA) is 18.5 Å². The minimum Gasteiger partial charge on any atom is -0.352 e. The second kappa shape index (κ2) is 4.14. The molecular weight excluding hydrogens is 136 g/mol. The smallest absolute Gasteiger partial charge is 0.166 e. The van der Waals surface area contributed by atoms with Crippen LogP contribution in [0.2, 0.25) is 0 Å². The van der Waals surface area contributed by atoms with Gasteiger partial charge in [0.25, 0.3) is 0 Å². The molecule has 54 valence electrons. The Kier molecular flexibility index (Phi) is 3.40. The molecule has 0 aliphatic carbocycles. The fourth-order valence-electron chi connectivity index (χ4n) is 0.748. The van der Waals surface area contributed by atoms with Gasteiger partial charge in [-0.3, -0.25) is 0 Å². The highest BCUT2D eigenvalue weighted by atomic mass is 32.2. The zero-order chi connectivity index (χ0) is 6.53. The van der Waals surface area contributed by atoms with E-state index in [1.165, 1.54) is 0 Å². The molecule has 9 heavy (non-hydrogen) atoms. The summed E-state index contributed by atoms with van der Waals surface area (Å²) in [6.07, 6.45) is 0.0637. The van der Waals surface area contributed by atoms with E-state index in [1.54, 1.807) is 0 Å². The van der Waals surface area contributed by atoms with Gasteiger partial charge in [0.15, 0.2) is 6.29 Å². The lowest BCUT2D eigenvalue weighted by Gasteiger charge is -2.21. The number of ether oxygens (including phenoxy) is 2. The molecule has 1 rings (SSSR count). The predicted octanol–water partition coefficient (Wildman–Crippen LogP) is 1.11. The summed E-state index contributed by atoms with van der Waals surface area (Å²) >= 11 is 1.89. The molecule has 3 heteroatoms. The molecule has 0 radical (unpaired) electrons. The van der Waals surface area contributed by atoms with E-state index in [0.29, 0.717) is 0 Å². The molecule has 0 aromatic rings. The number of thioether (sulfide) groups is 1. The summed E-state index contributed by atoms with van der Waals surface area (Å²) in [5.41, 5.74) is 0. The molecule has 0 aromatic carbocycles. The molecule has 1 fully saturated rings. The third kappa shape index (κ3) is 2.56. The molecule has 0 N–H and O–H groups in total. The SMILES string of the molecule is CCOC1CSCCO1. The molecule has 1 unspecified atom stereocenters. The van der Waals surface area contributed by atoms with Crippen molar-refractivity contribution in [1.29, 1.82) is 0 Å². The summed E-state index contributed by atoms with van der Waals surface area (Å²) < 4.78 is 10.5. The second-order valence-corrected chi connectivity index (χ2v) is 2.98. The Hall–Kier alpha value is 0.270. The standard InChI is InChI=1S/C6H12O2S/c1-2-7-6-5-9-4-3-8-6/h6H,2-5H2,1H3. The Labute approximate surface area is 59.9 Å². The van der Waals surface area contributed by atoms with Crippen LogP contribution in [0.15, 0.2) is 0 Å². The molecule has 0 aromatic heterocycles. The van der Waals surface area contributed by atoms with Crippen molar-refractivity contribution in [1.82, 2.24) is 0 Å². The maximum atomic E-state index is 5.28. The summed E-state index contributed by atoms with van der Waals surface area (Å²) in [6.45, 7) is 3.59. The van der Waals surface area contributed by atoms with E-state index in [4.69, 9.17) is 9.47 Å². The Morgan fingerprint density at radius 2 is 2.67 bits per heavy atom. The molecular formula is C6H12O2S. The van der Waals surface area contributed by atoms with Crippen LogP contribution in [0.3, 0.4) is 0 Å². The van der Waals surface area contributed by atoms with Crippen molar-refractivity contribution >= 4 is 11.8 Å². The van der Waals surface area contributed by atoms with Gasteiger partial charge in [-0.25, -0.2) is 0 Å². The van der Waals surface area contributed by atoms with Gasteiger partial charge >= 0.3 is 0 Å². The van der Waals surface area contributed by atoms with Crippen molar-refractivity contribution in [3.8, 4) is 0 Å². The molecule has 1 saturated heterocycles. The van der Waals surface area contributed by atoms with Crippen LogP contribution in [0.1, 0.15) is 6.92 Å². The van der Waals surface area contributed by atoms with Gasteiger partial charge in [-0.1, -0.05) is 0 Å². The van der Waals surface area contributed by atoms with Gasteiger partial charge in [0.05, 0.1) is 6.61 Å². The van der Waals surface area contributed by atoms with Crippen LogP contribution in [0.4, 0.5) is 0 Å². The summed E-state index contributed by atoms with van der Waals surface area (Å²) in [5, 5.41) is 0. The molecule has 0 amide bonds. The van der Waals surface area contributed by atoms with Gasteiger partial charge in [0, 0.05) is 18.1 Å². The fourth-order valence-corrected chi connectivity index (χ4v) is 1.51.